The molecule has 1 unspecified atom stereocenters. The van der Waals surface area contributed by atoms with Gasteiger partial charge in [-0.2, -0.15) is 4.31 Å². The molecule has 59 heavy (non-hydrogen) atoms. The maximum absolute atomic E-state index is 14.7. The summed E-state index contributed by atoms with van der Waals surface area (Å²) in [7, 11) is -4.49. The molecule has 6 rings (SSSR count). The third kappa shape index (κ3) is 9.62. The van der Waals surface area contributed by atoms with Crippen molar-refractivity contribution in [1.29, 1.82) is 0 Å². The summed E-state index contributed by atoms with van der Waals surface area (Å²) in [5, 5.41) is 4.20. The molecule has 21 heteroatoms. The van der Waals surface area contributed by atoms with Crippen LogP contribution in [0.25, 0.3) is 0 Å². The summed E-state index contributed by atoms with van der Waals surface area (Å²) in [5.74, 6) is -7.34. The maximum atomic E-state index is 14.7. The number of alkyl carbamates (subject to hydrolysis) is 1. The number of sulfonamides is 1. The van der Waals surface area contributed by atoms with Gasteiger partial charge in [-0.25, -0.2) is 22.4 Å². The molecule has 1 saturated heterocycles. The van der Waals surface area contributed by atoms with E-state index in [4.69, 9.17) is 32.7 Å². The lowest BCUT2D eigenvalue weighted by Crippen LogP contribution is -2.61. The van der Waals surface area contributed by atoms with Gasteiger partial charge in [-0.1, -0.05) is 24.3 Å². The first kappa shape index (κ1) is 44.1. The van der Waals surface area contributed by atoms with Gasteiger partial charge < -0.3 is 29.9 Å². The van der Waals surface area contributed by atoms with Gasteiger partial charge in [0.1, 0.15) is 46.9 Å². The number of halogens is 3. The molecule has 2 saturated carbocycles. The first-order valence-corrected chi connectivity index (χ1v) is 21.9. The highest BCUT2D eigenvalue weighted by Gasteiger charge is 2.65. The Morgan fingerprint density at radius 2 is 1.78 bits per heavy atom. The fraction of sp³-hybridized carbons (Fsp3) is 0.605. The summed E-state index contributed by atoms with van der Waals surface area (Å²) in [4.78, 5) is 100. The molecule has 0 spiro atoms. The average Bonchev–Trinajstić information content (AvgIpc) is 4.05. The molecule has 322 valence electrons. The predicted octanol–water partition coefficient (Wildman–Crippen LogP) is 2.52. The van der Waals surface area contributed by atoms with Gasteiger partial charge in [0.15, 0.2) is 0 Å². The summed E-state index contributed by atoms with van der Waals surface area (Å²) >= 11 is 11.8. The molecule has 17 nitrogen and oxygen atoms in total. The Morgan fingerprint density at radius 1 is 1.05 bits per heavy atom. The third-order valence-corrected chi connectivity index (χ3v) is 13.4. The number of imide groups is 1. The van der Waals surface area contributed by atoms with Crippen LogP contribution >= 0.6 is 23.2 Å². The second-order valence-electron chi connectivity index (χ2n) is 16.3. The van der Waals surface area contributed by atoms with E-state index in [0.717, 1.165) is 4.90 Å². The molecule has 5 aliphatic rings. The van der Waals surface area contributed by atoms with Crippen LogP contribution in [0.15, 0.2) is 30.4 Å². The number of hydrogen-bond acceptors (Lipinski definition) is 11. The zero-order chi connectivity index (χ0) is 43.0. The summed E-state index contributed by atoms with van der Waals surface area (Å²) in [6.45, 7) is 4.05. The summed E-state index contributed by atoms with van der Waals surface area (Å²) in [6.07, 6.45) is 0.978. The van der Waals surface area contributed by atoms with Crippen molar-refractivity contribution >= 4 is 74.9 Å². The molecular weight excluding hydrogens is 838 g/mol. The van der Waals surface area contributed by atoms with E-state index >= 15 is 0 Å². The first-order valence-electron chi connectivity index (χ1n) is 19.3. The molecule has 0 bridgehead atoms. The van der Waals surface area contributed by atoms with Crippen molar-refractivity contribution in [2.24, 2.45) is 5.92 Å². The highest BCUT2D eigenvalue weighted by atomic mass is 35.5. The minimum absolute atomic E-state index is 0.0400. The average molecular weight is 886 g/mol. The lowest BCUT2D eigenvalue weighted by atomic mass is 10.1. The fourth-order valence-electron chi connectivity index (χ4n) is 7.61. The van der Waals surface area contributed by atoms with Gasteiger partial charge >= 0.3 is 12.2 Å². The second kappa shape index (κ2) is 17.2. The SMILES string of the molecule is CC(C)(C)OC(=O)N[C@H]1CN(C(=O)CCl)CCC/C=C\[C@@H]2C[C@@]2(C(=O)N(C(=O)CCl)S(=O)(=O)C2CC2)NC(=O)[C@@H]2CC(OC(=O)N3Cc4cccc(F)c4C3)CN2C1=O. The van der Waals surface area contributed by atoms with E-state index in [0.29, 0.717) is 24.0 Å². The molecule has 0 radical (unpaired) electrons. The Balaban J connectivity index is 1.35. The van der Waals surface area contributed by atoms with Crippen LogP contribution in [0.4, 0.5) is 14.0 Å². The molecule has 3 fully saturated rings. The van der Waals surface area contributed by atoms with Gasteiger partial charge in [0.25, 0.3) is 11.8 Å². The molecule has 2 aliphatic carbocycles. The number of nitrogens with zero attached hydrogens (tertiary/aromatic N) is 4. The third-order valence-electron chi connectivity index (χ3n) is 10.8. The molecule has 7 amide bonds. The number of benzene rings is 1. The summed E-state index contributed by atoms with van der Waals surface area (Å²) in [5.41, 5.74) is -2.04. The zero-order valence-electron chi connectivity index (χ0n) is 32.8. The number of allylic oxidation sites excluding steroid dienone is 1. The van der Waals surface area contributed by atoms with Crippen LogP contribution in [0.5, 0.6) is 0 Å². The van der Waals surface area contributed by atoms with E-state index in [2.05, 4.69) is 10.6 Å². The first-order chi connectivity index (χ1) is 27.8. The molecule has 2 N–H and O–H groups in total. The summed E-state index contributed by atoms with van der Waals surface area (Å²) < 4.78 is 52.9. The van der Waals surface area contributed by atoms with Crippen LogP contribution in [0, 0.1) is 11.7 Å². The number of fused-ring (bicyclic) bond motifs is 3. The quantitative estimate of drug-likeness (QED) is 0.300. The minimum Gasteiger partial charge on any atom is -0.444 e. The maximum Gasteiger partial charge on any atom is 0.410 e. The Bertz CT molecular complexity index is 2050. The fourth-order valence-corrected chi connectivity index (χ4v) is 9.74. The van der Waals surface area contributed by atoms with Crippen molar-refractivity contribution < 1.29 is 55.8 Å². The van der Waals surface area contributed by atoms with E-state index < -0.39 is 116 Å². The number of nitrogens with one attached hydrogen (secondary N) is 2. The number of carbonyl (C=O) groups is 7. The second-order valence-corrected chi connectivity index (χ2v) is 18.9. The van der Waals surface area contributed by atoms with Crippen molar-refractivity contribution in [2.45, 2.75) is 107 Å². The molecule has 3 heterocycles. The standard InChI is InChI=1S/C38H47Cl2FN6O11S/c1-37(2,3)58-35(53)42-28-21-44(30(48)16-39)13-6-4-5-9-23-15-38(23,34(52)47(31(49)17-40)59(55,56)25-11-12-25)43-32(50)29-14-24(19-46(29)33(28)51)57-36(54)45-18-22-8-7-10-27(41)26(22)20-45/h5,7-10,23-25,28-29H,4,6,11-21H2,1-3H3,(H,42,53)(H,43,50)/b9-5-/t23-,24?,28+,29+,38-/m1/s1. The molecule has 1 aromatic carbocycles. The smallest absolute Gasteiger partial charge is 0.410 e. The molecule has 3 aliphatic heterocycles. The van der Waals surface area contributed by atoms with Crippen LogP contribution in [-0.4, -0.2) is 135 Å². The van der Waals surface area contributed by atoms with E-state index in [-0.39, 0.29) is 56.2 Å². The van der Waals surface area contributed by atoms with Gasteiger partial charge in [0.2, 0.25) is 27.7 Å². The summed E-state index contributed by atoms with van der Waals surface area (Å²) in [6, 6.07) is 1.44. The van der Waals surface area contributed by atoms with Crippen LogP contribution in [0.2, 0.25) is 0 Å². The number of alkyl halides is 2. The van der Waals surface area contributed by atoms with E-state index in [1.807, 2.05) is 0 Å². The Hall–Kier alpha value is -4.49. The van der Waals surface area contributed by atoms with Crippen LogP contribution in [0.1, 0.15) is 70.4 Å². The minimum atomic E-state index is -4.49. The van der Waals surface area contributed by atoms with Crippen molar-refractivity contribution in [1.82, 2.24) is 29.6 Å². The van der Waals surface area contributed by atoms with E-state index in [9.17, 15) is 46.4 Å². The van der Waals surface area contributed by atoms with E-state index in [1.54, 1.807) is 39.0 Å². The van der Waals surface area contributed by atoms with Crippen molar-refractivity contribution in [3.05, 3.63) is 47.3 Å². The van der Waals surface area contributed by atoms with Gasteiger partial charge in [-0.15, -0.1) is 23.2 Å². The van der Waals surface area contributed by atoms with E-state index in [1.165, 1.54) is 21.9 Å². The lowest BCUT2D eigenvalue weighted by Gasteiger charge is -2.33. The highest BCUT2D eigenvalue weighted by molar-refractivity contribution is 7.91. The van der Waals surface area contributed by atoms with Gasteiger partial charge in [-0.05, 0) is 64.5 Å². The van der Waals surface area contributed by atoms with Gasteiger partial charge in [-0.3, -0.25) is 28.9 Å². The monoisotopic (exact) mass is 884 g/mol. The normalized spacial score (nSPS) is 26.6. The Labute approximate surface area is 350 Å². The topological polar surface area (TPSA) is 209 Å². The zero-order valence-corrected chi connectivity index (χ0v) is 35.1. The highest BCUT2D eigenvalue weighted by Crippen LogP contribution is 2.48. The Morgan fingerprint density at radius 3 is 2.42 bits per heavy atom. The number of rotatable bonds is 7. The molecule has 5 atom stereocenters. The van der Waals surface area contributed by atoms with Crippen molar-refractivity contribution in [2.75, 3.05) is 31.4 Å². The van der Waals surface area contributed by atoms with Crippen molar-refractivity contribution in [3.63, 3.8) is 0 Å². The predicted molar refractivity (Wildman–Crippen MR) is 208 cm³/mol. The lowest BCUT2D eigenvalue weighted by molar-refractivity contribution is -0.144. The Kier molecular flexibility index (Phi) is 12.9. The van der Waals surface area contributed by atoms with Crippen LogP contribution in [-0.2, 0) is 56.6 Å². The van der Waals surface area contributed by atoms with Gasteiger partial charge in [0.05, 0.1) is 24.9 Å². The van der Waals surface area contributed by atoms with Gasteiger partial charge in [0, 0.05) is 31.0 Å². The number of carbonyl (C=O) groups excluding carboxylic acids is 7. The number of amides is 7. The molecular formula is C38H47Cl2FN6O11S. The number of ether oxygens (including phenoxy) is 2. The molecule has 0 aromatic heterocycles. The molecule has 1 aromatic rings. The van der Waals surface area contributed by atoms with Crippen LogP contribution < -0.4 is 10.6 Å². The number of hydrogen-bond donors (Lipinski definition) is 2. The largest absolute Gasteiger partial charge is 0.444 e. The van der Waals surface area contributed by atoms with Crippen molar-refractivity contribution in [3.8, 4) is 0 Å². The van der Waals surface area contributed by atoms with Crippen LogP contribution in [0.3, 0.4) is 0 Å².